The highest BCUT2D eigenvalue weighted by molar-refractivity contribution is 5.87. The number of carbonyl (C=O) groups excluding carboxylic acids is 1. The number of likely N-dealkylation sites (tertiary alicyclic amines) is 1. The molecule has 3 rings (SSSR count). The molecule has 1 aliphatic carbocycles. The lowest BCUT2D eigenvalue weighted by atomic mass is 9.78. The van der Waals surface area contributed by atoms with E-state index in [1.807, 2.05) is 35.2 Å². The predicted molar refractivity (Wildman–Crippen MR) is 95.3 cm³/mol. The molecule has 132 valence electrons. The predicted octanol–water partition coefficient (Wildman–Crippen LogP) is 2.79. The summed E-state index contributed by atoms with van der Waals surface area (Å²) in [5.74, 6) is -0.109. The van der Waals surface area contributed by atoms with Crippen molar-refractivity contribution < 1.29 is 9.90 Å². The number of benzene rings is 1. The Morgan fingerprint density at radius 1 is 1.25 bits per heavy atom. The third-order valence-corrected chi connectivity index (χ3v) is 6.24. The highest BCUT2D eigenvalue weighted by Crippen LogP contribution is 2.42. The minimum Gasteiger partial charge on any atom is -0.375 e. The largest absolute Gasteiger partial charge is 0.375 e. The molecule has 1 saturated carbocycles. The van der Waals surface area contributed by atoms with Crippen molar-refractivity contribution in [3.8, 4) is 0 Å². The molecule has 2 fully saturated rings. The van der Waals surface area contributed by atoms with E-state index in [2.05, 4.69) is 6.92 Å². The number of rotatable bonds is 4. The van der Waals surface area contributed by atoms with Gasteiger partial charge in [0.05, 0.1) is 0 Å². The number of nitrogens with two attached hydrogens (primary N) is 1. The van der Waals surface area contributed by atoms with Crippen LogP contribution in [0.25, 0.3) is 0 Å². The van der Waals surface area contributed by atoms with Crippen LogP contribution in [-0.2, 0) is 10.4 Å². The van der Waals surface area contributed by atoms with Crippen molar-refractivity contribution in [3.63, 3.8) is 0 Å². The number of amides is 1. The maximum atomic E-state index is 13.3. The highest BCUT2D eigenvalue weighted by Gasteiger charge is 2.49. The SMILES string of the molecule is CCC1(N)CCN(C(=O)C(O)(c2ccccc2)C2CCCC2)CC1. The van der Waals surface area contributed by atoms with Gasteiger partial charge in [-0.15, -0.1) is 0 Å². The maximum absolute atomic E-state index is 13.3. The van der Waals surface area contributed by atoms with Crippen LogP contribution in [0.3, 0.4) is 0 Å². The average molecular weight is 330 g/mol. The van der Waals surface area contributed by atoms with Crippen LogP contribution >= 0.6 is 0 Å². The Kier molecular flexibility index (Phi) is 4.97. The molecule has 0 aromatic heterocycles. The van der Waals surface area contributed by atoms with Gasteiger partial charge < -0.3 is 15.7 Å². The second-order valence-electron chi connectivity index (χ2n) is 7.62. The molecule has 1 aromatic carbocycles. The van der Waals surface area contributed by atoms with Gasteiger partial charge >= 0.3 is 0 Å². The molecule has 4 nitrogen and oxygen atoms in total. The summed E-state index contributed by atoms with van der Waals surface area (Å²) in [6.07, 6.45) is 6.57. The topological polar surface area (TPSA) is 66.6 Å². The van der Waals surface area contributed by atoms with Crippen LogP contribution in [0.5, 0.6) is 0 Å². The average Bonchev–Trinajstić information content (AvgIpc) is 3.17. The fourth-order valence-corrected chi connectivity index (χ4v) is 4.32. The summed E-state index contributed by atoms with van der Waals surface area (Å²) in [6, 6.07) is 9.51. The van der Waals surface area contributed by atoms with Crippen molar-refractivity contribution in [1.29, 1.82) is 0 Å². The number of nitrogens with zero attached hydrogens (tertiary/aromatic N) is 1. The van der Waals surface area contributed by atoms with Gasteiger partial charge in [0.1, 0.15) is 0 Å². The first-order chi connectivity index (χ1) is 11.5. The maximum Gasteiger partial charge on any atom is 0.259 e. The number of hydrogen-bond donors (Lipinski definition) is 2. The zero-order chi connectivity index (χ0) is 17.2. The Morgan fingerprint density at radius 2 is 1.83 bits per heavy atom. The molecule has 1 heterocycles. The second-order valence-corrected chi connectivity index (χ2v) is 7.62. The molecule has 0 bridgehead atoms. The molecule has 1 amide bonds. The van der Waals surface area contributed by atoms with Gasteiger partial charge in [0.25, 0.3) is 5.91 Å². The smallest absolute Gasteiger partial charge is 0.259 e. The van der Waals surface area contributed by atoms with E-state index in [0.29, 0.717) is 13.1 Å². The zero-order valence-corrected chi connectivity index (χ0v) is 14.7. The van der Waals surface area contributed by atoms with E-state index < -0.39 is 5.60 Å². The standard InChI is InChI=1S/C20H30N2O2/c1-2-19(21)12-14-22(15-13-19)18(23)20(24,17-10-6-7-11-17)16-8-4-3-5-9-16/h3-5,8-9,17,24H,2,6-7,10-15,21H2,1H3. The minimum atomic E-state index is -1.39. The van der Waals surface area contributed by atoms with Gasteiger partial charge in [-0.05, 0) is 37.7 Å². The van der Waals surface area contributed by atoms with Crippen LogP contribution in [0.2, 0.25) is 0 Å². The molecule has 0 radical (unpaired) electrons. The van der Waals surface area contributed by atoms with Crippen molar-refractivity contribution in [3.05, 3.63) is 35.9 Å². The molecule has 1 atom stereocenters. The van der Waals surface area contributed by atoms with Crippen LogP contribution in [0, 0.1) is 5.92 Å². The fraction of sp³-hybridized carbons (Fsp3) is 0.650. The van der Waals surface area contributed by atoms with Crippen molar-refractivity contribution in [2.45, 2.75) is 63.0 Å². The van der Waals surface area contributed by atoms with E-state index in [4.69, 9.17) is 5.73 Å². The Morgan fingerprint density at radius 3 is 2.38 bits per heavy atom. The Balaban J connectivity index is 1.85. The Hall–Kier alpha value is -1.39. The lowest BCUT2D eigenvalue weighted by Gasteiger charge is -2.43. The third kappa shape index (κ3) is 3.09. The van der Waals surface area contributed by atoms with Gasteiger partial charge in [-0.3, -0.25) is 4.79 Å². The molecule has 1 saturated heterocycles. The molecule has 2 aliphatic rings. The van der Waals surface area contributed by atoms with Gasteiger partial charge in [-0.25, -0.2) is 0 Å². The number of carbonyl (C=O) groups is 1. The van der Waals surface area contributed by atoms with Crippen LogP contribution in [0.15, 0.2) is 30.3 Å². The van der Waals surface area contributed by atoms with Gasteiger partial charge in [0, 0.05) is 24.5 Å². The van der Waals surface area contributed by atoms with Gasteiger partial charge in [0.2, 0.25) is 0 Å². The van der Waals surface area contributed by atoms with E-state index in [9.17, 15) is 9.90 Å². The van der Waals surface area contributed by atoms with E-state index in [0.717, 1.165) is 50.5 Å². The van der Waals surface area contributed by atoms with Crippen LogP contribution in [-0.4, -0.2) is 34.5 Å². The van der Waals surface area contributed by atoms with Gasteiger partial charge in [-0.2, -0.15) is 0 Å². The van der Waals surface area contributed by atoms with Crippen LogP contribution in [0.1, 0.15) is 57.4 Å². The fourth-order valence-electron chi connectivity index (χ4n) is 4.32. The molecular weight excluding hydrogens is 300 g/mol. The van der Waals surface area contributed by atoms with E-state index in [-0.39, 0.29) is 17.4 Å². The summed E-state index contributed by atoms with van der Waals surface area (Å²) in [5.41, 5.74) is 5.55. The third-order valence-electron chi connectivity index (χ3n) is 6.24. The normalized spacial score (nSPS) is 23.9. The quantitative estimate of drug-likeness (QED) is 0.892. The van der Waals surface area contributed by atoms with Gasteiger partial charge in [0.15, 0.2) is 5.60 Å². The van der Waals surface area contributed by atoms with E-state index >= 15 is 0 Å². The Bertz CT molecular complexity index is 560. The molecule has 24 heavy (non-hydrogen) atoms. The molecule has 4 heteroatoms. The highest BCUT2D eigenvalue weighted by atomic mass is 16.3. The van der Waals surface area contributed by atoms with Crippen LogP contribution < -0.4 is 5.73 Å². The van der Waals surface area contributed by atoms with E-state index in [1.165, 1.54) is 0 Å². The van der Waals surface area contributed by atoms with Crippen molar-refractivity contribution in [1.82, 2.24) is 4.90 Å². The Labute approximate surface area is 145 Å². The first-order valence-electron chi connectivity index (χ1n) is 9.36. The first kappa shape index (κ1) is 17.4. The lowest BCUT2D eigenvalue weighted by Crippen LogP contribution is -2.57. The minimum absolute atomic E-state index is 0.0168. The number of piperidine rings is 1. The van der Waals surface area contributed by atoms with Crippen molar-refractivity contribution >= 4 is 5.91 Å². The molecule has 0 spiro atoms. The second kappa shape index (κ2) is 6.85. The molecule has 1 aromatic rings. The van der Waals surface area contributed by atoms with Crippen molar-refractivity contribution in [2.24, 2.45) is 11.7 Å². The summed E-state index contributed by atoms with van der Waals surface area (Å²) < 4.78 is 0. The molecule has 1 unspecified atom stereocenters. The molecular formula is C20H30N2O2. The number of hydrogen-bond acceptors (Lipinski definition) is 3. The summed E-state index contributed by atoms with van der Waals surface area (Å²) in [6.45, 7) is 3.40. The molecule has 3 N–H and O–H groups in total. The van der Waals surface area contributed by atoms with Crippen LogP contribution in [0.4, 0.5) is 0 Å². The lowest BCUT2D eigenvalue weighted by molar-refractivity contribution is -0.161. The first-order valence-corrected chi connectivity index (χ1v) is 9.36. The van der Waals surface area contributed by atoms with Crippen molar-refractivity contribution in [2.75, 3.05) is 13.1 Å². The molecule has 1 aliphatic heterocycles. The van der Waals surface area contributed by atoms with Gasteiger partial charge in [-0.1, -0.05) is 50.1 Å². The summed E-state index contributed by atoms with van der Waals surface area (Å²) in [7, 11) is 0. The number of aliphatic hydroxyl groups is 1. The summed E-state index contributed by atoms with van der Waals surface area (Å²) in [5, 5.41) is 11.6. The summed E-state index contributed by atoms with van der Waals surface area (Å²) in [4.78, 5) is 15.2. The monoisotopic (exact) mass is 330 g/mol. The summed E-state index contributed by atoms with van der Waals surface area (Å²) >= 11 is 0. The van der Waals surface area contributed by atoms with E-state index in [1.54, 1.807) is 0 Å². The zero-order valence-electron chi connectivity index (χ0n) is 14.7.